The number of anilines is 3. The SMILES string of the molecule is c1ccc(-c2ccccc2N(c2ccc(-c3cccc4ccccc34)cc2)c2ccc3c(ccc4c5ccccc5ccc34)c2)cc1. The van der Waals surface area contributed by atoms with Crippen molar-refractivity contribution >= 4 is 60.2 Å². The summed E-state index contributed by atoms with van der Waals surface area (Å²) in [6, 6.07) is 68.2. The molecule has 1 heteroatoms. The molecule has 1 nitrogen and oxygen atoms in total. The Morgan fingerprint density at radius 1 is 0.277 bits per heavy atom. The molecule has 0 heterocycles. The minimum Gasteiger partial charge on any atom is -0.310 e. The molecule has 47 heavy (non-hydrogen) atoms. The maximum atomic E-state index is 2.40. The van der Waals surface area contributed by atoms with E-state index in [1.54, 1.807) is 0 Å². The van der Waals surface area contributed by atoms with E-state index in [0.717, 1.165) is 17.1 Å². The van der Waals surface area contributed by atoms with Crippen molar-refractivity contribution in [3.05, 3.63) is 188 Å². The minimum absolute atomic E-state index is 1.11. The molecule has 220 valence electrons. The summed E-state index contributed by atoms with van der Waals surface area (Å²) < 4.78 is 0. The molecule has 9 rings (SSSR count). The van der Waals surface area contributed by atoms with Crippen LogP contribution >= 0.6 is 0 Å². The lowest BCUT2D eigenvalue weighted by Crippen LogP contribution is -2.11. The lowest BCUT2D eigenvalue weighted by Gasteiger charge is -2.28. The Kier molecular flexibility index (Phi) is 6.54. The summed E-state index contributed by atoms with van der Waals surface area (Å²) in [6.07, 6.45) is 0. The van der Waals surface area contributed by atoms with Crippen molar-refractivity contribution in [3.8, 4) is 22.3 Å². The van der Waals surface area contributed by atoms with E-state index in [2.05, 4.69) is 193 Å². The number of hydrogen-bond acceptors (Lipinski definition) is 1. The highest BCUT2D eigenvalue weighted by Crippen LogP contribution is 2.43. The Morgan fingerprint density at radius 2 is 0.809 bits per heavy atom. The maximum Gasteiger partial charge on any atom is 0.0540 e. The van der Waals surface area contributed by atoms with E-state index < -0.39 is 0 Å². The number of nitrogens with zero attached hydrogens (tertiary/aromatic N) is 1. The van der Waals surface area contributed by atoms with Crippen LogP contribution in [0.3, 0.4) is 0 Å². The second-order valence-corrected chi connectivity index (χ2v) is 12.1. The standard InChI is InChI=1S/C46H31N/c1-2-11-33(12-3-1)43-18-8-9-20-46(43)47(37-25-21-35(22-26-37)40-19-10-15-32-13-4-6-16-39(32)40)38-27-30-42-36(31-38)24-29-44-41-17-7-5-14-34(41)23-28-45(42)44/h1-31H. The first-order valence-corrected chi connectivity index (χ1v) is 16.2. The van der Waals surface area contributed by atoms with Gasteiger partial charge in [-0.25, -0.2) is 0 Å². The van der Waals surface area contributed by atoms with E-state index in [1.165, 1.54) is 65.3 Å². The molecule has 0 radical (unpaired) electrons. The fraction of sp³-hybridized carbons (Fsp3) is 0. The summed E-state index contributed by atoms with van der Waals surface area (Å²) >= 11 is 0. The lowest BCUT2D eigenvalue weighted by molar-refractivity contribution is 1.29. The van der Waals surface area contributed by atoms with Gasteiger partial charge in [0.25, 0.3) is 0 Å². The molecule has 0 saturated heterocycles. The molecule has 0 bridgehead atoms. The Hall–Kier alpha value is -6.18. The van der Waals surface area contributed by atoms with Crippen molar-refractivity contribution in [1.29, 1.82) is 0 Å². The molecule has 0 fully saturated rings. The summed E-state index contributed by atoms with van der Waals surface area (Å²) in [5.74, 6) is 0. The molecular weight excluding hydrogens is 567 g/mol. The molecular formula is C46H31N. The molecule has 0 aromatic heterocycles. The van der Waals surface area contributed by atoms with Crippen LogP contribution in [0.4, 0.5) is 17.1 Å². The summed E-state index contributed by atoms with van der Waals surface area (Å²) in [7, 11) is 0. The Labute approximate surface area is 274 Å². The Balaban J connectivity index is 1.22. The third-order valence-electron chi connectivity index (χ3n) is 9.44. The van der Waals surface area contributed by atoms with Crippen LogP contribution in [0.1, 0.15) is 0 Å². The average molecular weight is 598 g/mol. The van der Waals surface area contributed by atoms with Gasteiger partial charge in [0.15, 0.2) is 0 Å². The number of hydrogen-bond donors (Lipinski definition) is 0. The van der Waals surface area contributed by atoms with Gasteiger partial charge in [0.2, 0.25) is 0 Å². The van der Waals surface area contributed by atoms with E-state index in [-0.39, 0.29) is 0 Å². The number of benzene rings is 9. The second-order valence-electron chi connectivity index (χ2n) is 12.1. The smallest absolute Gasteiger partial charge is 0.0540 e. The van der Waals surface area contributed by atoms with E-state index in [4.69, 9.17) is 0 Å². The van der Waals surface area contributed by atoms with Gasteiger partial charge in [0.05, 0.1) is 5.69 Å². The summed E-state index contributed by atoms with van der Waals surface area (Å²) in [5.41, 5.74) is 8.22. The number of fused-ring (bicyclic) bond motifs is 6. The quantitative estimate of drug-likeness (QED) is 0.178. The molecule has 0 N–H and O–H groups in total. The first kappa shape index (κ1) is 27.2. The first-order chi connectivity index (χ1) is 23.3. The van der Waals surface area contributed by atoms with Crippen LogP contribution in [0.25, 0.3) is 65.3 Å². The van der Waals surface area contributed by atoms with Gasteiger partial charge in [-0.1, -0.05) is 158 Å². The van der Waals surface area contributed by atoms with Gasteiger partial charge in [-0.15, -0.1) is 0 Å². The molecule has 0 amide bonds. The van der Waals surface area contributed by atoms with Crippen molar-refractivity contribution in [2.24, 2.45) is 0 Å². The van der Waals surface area contributed by atoms with E-state index in [0.29, 0.717) is 0 Å². The van der Waals surface area contributed by atoms with Crippen molar-refractivity contribution in [1.82, 2.24) is 0 Å². The van der Waals surface area contributed by atoms with Crippen molar-refractivity contribution in [2.75, 3.05) is 4.90 Å². The summed E-state index contributed by atoms with van der Waals surface area (Å²) in [5, 5.41) is 10.1. The van der Waals surface area contributed by atoms with E-state index in [9.17, 15) is 0 Å². The molecule has 0 atom stereocenters. The monoisotopic (exact) mass is 597 g/mol. The van der Waals surface area contributed by atoms with Crippen molar-refractivity contribution in [3.63, 3.8) is 0 Å². The fourth-order valence-electron chi connectivity index (χ4n) is 7.18. The van der Waals surface area contributed by atoms with Crippen LogP contribution in [-0.2, 0) is 0 Å². The van der Waals surface area contributed by atoms with E-state index >= 15 is 0 Å². The first-order valence-electron chi connectivity index (χ1n) is 16.2. The van der Waals surface area contributed by atoms with E-state index in [1.807, 2.05) is 0 Å². The molecule has 0 aliphatic rings. The van der Waals surface area contributed by atoms with Crippen molar-refractivity contribution < 1.29 is 0 Å². The number of rotatable bonds is 5. The highest BCUT2D eigenvalue weighted by atomic mass is 15.1. The van der Waals surface area contributed by atoms with Gasteiger partial charge in [0, 0.05) is 16.9 Å². The third-order valence-corrected chi connectivity index (χ3v) is 9.44. The predicted molar refractivity (Wildman–Crippen MR) is 202 cm³/mol. The van der Waals surface area contributed by atoms with Gasteiger partial charge < -0.3 is 4.90 Å². The zero-order valence-corrected chi connectivity index (χ0v) is 25.8. The van der Waals surface area contributed by atoms with Crippen LogP contribution in [0, 0.1) is 0 Å². The fourth-order valence-corrected chi connectivity index (χ4v) is 7.18. The van der Waals surface area contributed by atoms with Gasteiger partial charge in [0.1, 0.15) is 0 Å². The molecule has 9 aromatic carbocycles. The highest BCUT2D eigenvalue weighted by Gasteiger charge is 2.18. The van der Waals surface area contributed by atoms with Crippen LogP contribution in [0.2, 0.25) is 0 Å². The highest BCUT2D eigenvalue weighted by molar-refractivity contribution is 6.17. The molecule has 0 unspecified atom stereocenters. The maximum absolute atomic E-state index is 2.40. The van der Waals surface area contributed by atoms with Gasteiger partial charge >= 0.3 is 0 Å². The summed E-state index contributed by atoms with van der Waals surface area (Å²) in [6.45, 7) is 0. The molecule has 0 saturated carbocycles. The summed E-state index contributed by atoms with van der Waals surface area (Å²) in [4.78, 5) is 2.40. The zero-order chi connectivity index (χ0) is 31.2. The van der Waals surface area contributed by atoms with Crippen LogP contribution in [0.15, 0.2) is 188 Å². The zero-order valence-electron chi connectivity index (χ0n) is 25.8. The topological polar surface area (TPSA) is 3.24 Å². The normalized spacial score (nSPS) is 11.4. The van der Waals surface area contributed by atoms with Gasteiger partial charge in [-0.3, -0.25) is 0 Å². The number of para-hydroxylation sites is 1. The van der Waals surface area contributed by atoms with Crippen LogP contribution in [-0.4, -0.2) is 0 Å². The molecule has 0 spiro atoms. The second kappa shape index (κ2) is 11.3. The van der Waals surface area contributed by atoms with Crippen LogP contribution in [0.5, 0.6) is 0 Å². The Morgan fingerprint density at radius 3 is 1.62 bits per heavy atom. The lowest BCUT2D eigenvalue weighted by atomic mass is 9.96. The third kappa shape index (κ3) is 4.72. The molecule has 0 aliphatic carbocycles. The minimum atomic E-state index is 1.11. The largest absolute Gasteiger partial charge is 0.310 e. The van der Waals surface area contributed by atoms with Gasteiger partial charge in [-0.05, 0) is 90.1 Å². The Bertz CT molecular complexity index is 2560. The van der Waals surface area contributed by atoms with Crippen molar-refractivity contribution in [2.45, 2.75) is 0 Å². The van der Waals surface area contributed by atoms with Gasteiger partial charge in [-0.2, -0.15) is 0 Å². The average Bonchev–Trinajstić information content (AvgIpc) is 3.15. The molecule has 9 aromatic rings. The molecule has 0 aliphatic heterocycles. The van der Waals surface area contributed by atoms with Crippen LogP contribution < -0.4 is 4.90 Å². The predicted octanol–water partition coefficient (Wildman–Crippen LogP) is 13.1.